The Morgan fingerprint density at radius 1 is 0.465 bits per heavy atom. The van der Waals surface area contributed by atoms with Crippen LogP contribution < -0.4 is 10.4 Å². The van der Waals surface area contributed by atoms with Gasteiger partial charge in [-0.15, -0.1) is 0 Å². The highest BCUT2D eigenvalue weighted by molar-refractivity contribution is 6.58. The summed E-state index contributed by atoms with van der Waals surface area (Å²) < 4.78 is 0. The van der Waals surface area contributed by atoms with E-state index in [0.717, 1.165) is 28.2 Å². The first kappa shape index (κ1) is 27.0. The highest BCUT2D eigenvalue weighted by atomic mass is 16.4. The molecule has 0 spiro atoms. The van der Waals surface area contributed by atoms with Crippen LogP contribution >= 0.6 is 0 Å². The molecule has 0 saturated carbocycles. The van der Waals surface area contributed by atoms with Crippen LogP contribution in [0.25, 0.3) is 33.4 Å². The number of nitrogens with zero attached hydrogens (tertiary/aromatic N) is 1. The van der Waals surface area contributed by atoms with Crippen LogP contribution in [0.5, 0.6) is 0 Å². The Morgan fingerprint density at radius 3 is 1.53 bits per heavy atom. The molecule has 6 aromatic rings. The summed E-state index contributed by atoms with van der Waals surface area (Å²) >= 11 is 0. The number of anilines is 3. The van der Waals surface area contributed by atoms with E-state index in [1.54, 1.807) is 12.1 Å². The fraction of sp³-hybridized carbons (Fsp3) is 0.0769. The van der Waals surface area contributed by atoms with Crippen molar-refractivity contribution in [1.82, 2.24) is 0 Å². The maximum atomic E-state index is 9.65. The molecule has 0 fully saturated rings. The smallest absolute Gasteiger partial charge is 0.423 e. The zero-order chi connectivity index (χ0) is 29.6. The minimum absolute atomic E-state index is 0.0428. The van der Waals surface area contributed by atoms with Gasteiger partial charge in [0.15, 0.2) is 0 Å². The van der Waals surface area contributed by atoms with Crippen molar-refractivity contribution in [3.05, 3.63) is 157 Å². The van der Waals surface area contributed by atoms with Crippen molar-refractivity contribution in [3.8, 4) is 33.4 Å². The van der Waals surface area contributed by atoms with Crippen LogP contribution in [-0.2, 0) is 5.41 Å². The lowest BCUT2D eigenvalue weighted by Gasteiger charge is -2.26. The van der Waals surface area contributed by atoms with E-state index in [0.29, 0.717) is 5.46 Å². The molecule has 4 heteroatoms. The molecule has 43 heavy (non-hydrogen) atoms. The largest absolute Gasteiger partial charge is 0.488 e. The average molecular weight is 558 g/mol. The molecule has 0 aromatic heterocycles. The molecule has 0 unspecified atom stereocenters. The Hall–Kier alpha value is -4.90. The summed E-state index contributed by atoms with van der Waals surface area (Å²) in [6.07, 6.45) is 0. The molecule has 7 rings (SSSR count). The van der Waals surface area contributed by atoms with Crippen LogP contribution in [0.4, 0.5) is 17.1 Å². The number of hydrogen-bond acceptors (Lipinski definition) is 3. The van der Waals surface area contributed by atoms with Crippen molar-refractivity contribution in [3.63, 3.8) is 0 Å². The molecule has 0 amide bonds. The van der Waals surface area contributed by atoms with Gasteiger partial charge < -0.3 is 14.9 Å². The summed E-state index contributed by atoms with van der Waals surface area (Å²) in [5, 5.41) is 19.3. The maximum absolute atomic E-state index is 9.65. The third-order valence-electron chi connectivity index (χ3n) is 8.72. The number of hydrogen-bond donors (Lipinski definition) is 2. The molecule has 0 heterocycles. The molecular weight excluding hydrogens is 525 g/mol. The van der Waals surface area contributed by atoms with E-state index >= 15 is 0 Å². The Labute approximate surface area is 253 Å². The molecule has 0 radical (unpaired) electrons. The molecular formula is C39H32BNO2. The zero-order valence-corrected chi connectivity index (χ0v) is 24.3. The molecule has 0 aliphatic heterocycles. The van der Waals surface area contributed by atoms with Gasteiger partial charge in [-0.05, 0) is 92.4 Å². The third-order valence-corrected chi connectivity index (χ3v) is 8.72. The summed E-state index contributed by atoms with van der Waals surface area (Å²) in [7, 11) is -1.50. The normalized spacial score (nSPS) is 12.8. The SMILES string of the molecule is CC1(C)c2ccccc2-c2ccc(-c3ccc(N(c4ccc(B(O)O)cc4)c4ccc(-c5ccccc5)cc4)cc3)cc21. The van der Waals surface area contributed by atoms with Gasteiger partial charge in [0, 0.05) is 22.5 Å². The van der Waals surface area contributed by atoms with Gasteiger partial charge in [-0.25, -0.2) is 0 Å². The second-order valence-corrected chi connectivity index (χ2v) is 11.7. The van der Waals surface area contributed by atoms with Crippen LogP contribution in [0.2, 0.25) is 0 Å². The first-order valence-corrected chi connectivity index (χ1v) is 14.7. The van der Waals surface area contributed by atoms with Gasteiger partial charge in [-0.3, -0.25) is 0 Å². The number of fused-ring (bicyclic) bond motifs is 3. The molecule has 3 nitrogen and oxygen atoms in total. The highest BCUT2D eigenvalue weighted by Gasteiger charge is 2.35. The molecule has 0 saturated heterocycles. The Bertz CT molecular complexity index is 1900. The van der Waals surface area contributed by atoms with Crippen LogP contribution in [0.3, 0.4) is 0 Å². The minimum Gasteiger partial charge on any atom is -0.423 e. The summed E-state index contributed by atoms with van der Waals surface area (Å²) in [6, 6.07) is 50.5. The van der Waals surface area contributed by atoms with Crippen molar-refractivity contribution in [1.29, 1.82) is 0 Å². The molecule has 0 bridgehead atoms. The predicted molar refractivity (Wildman–Crippen MR) is 179 cm³/mol. The van der Waals surface area contributed by atoms with Gasteiger partial charge in [-0.2, -0.15) is 0 Å². The fourth-order valence-corrected chi connectivity index (χ4v) is 6.36. The summed E-state index contributed by atoms with van der Waals surface area (Å²) in [6.45, 7) is 4.62. The van der Waals surface area contributed by atoms with Gasteiger partial charge >= 0.3 is 7.12 Å². The third kappa shape index (κ3) is 4.85. The van der Waals surface area contributed by atoms with Crippen LogP contribution in [0.1, 0.15) is 25.0 Å². The zero-order valence-electron chi connectivity index (χ0n) is 24.3. The van der Waals surface area contributed by atoms with Crippen molar-refractivity contribution in [2.75, 3.05) is 4.90 Å². The monoisotopic (exact) mass is 557 g/mol. The molecule has 0 atom stereocenters. The van der Waals surface area contributed by atoms with Crippen molar-refractivity contribution < 1.29 is 10.0 Å². The first-order chi connectivity index (χ1) is 20.9. The van der Waals surface area contributed by atoms with E-state index in [1.165, 1.54) is 33.4 Å². The fourth-order valence-electron chi connectivity index (χ4n) is 6.36. The molecule has 1 aliphatic rings. The minimum atomic E-state index is -1.50. The van der Waals surface area contributed by atoms with Crippen LogP contribution in [-0.4, -0.2) is 17.2 Å². The Morgan fingerprint density at radius 2 is 0.930 bits per heavy atom. The van der Waals surface area contributed by atoms with Gasteiger partial charge in [-0.1, -0.05) is 117 Å². The standard InChI is InChI=1S/C39H32BNO2/c1-39(2)37-11-7-6-10-35(37)36-25-16-30(26-38(36)39)29-14-21-33(22-15-29)41(34-23-17-31(18-24-34)40(42)43)32-19-12-28(13-20-32)27-8-4-3-5-9-27/h3-26,42-43H,1-2H3. The van der Waals surface area contributed by atoms with Crippen molar-refractivity contribution >= 4 is 29.6 Å². The highest BCUT2D eigenvalue weighted by Crippen LogP contribution is 2.49. The second-order valence-electron chi connectivity index (χ2n) is 11.7. The first-order valence-electron chi connectivity index (χ1n) is 14.7. The molecule has 2 N–H and O–H groups in total. The van der Waals surface area contributed by atoms with Gasteiger partial charge in [0.25, 0.3) is 0 Å². The summed E-state index contributed by atoms with van der Waals surface area (Å²) in [5.74, 6) is 0. The lowest BCUT2D eigenvalue weighted by atomic mass is 9.80. The van der Waals surface area contributed by atoms with Crippen LogP contribution in [0, 0.1) is 0 Å². The Balaban J connectivity index is 1.25. The van der Waals surface area contributed by atoms with E-state index < -0.39 is 7.12 Å². The number of rotatable bonds is 6. The quantitative estimate of drug-likeness (QED) is 0.202. The van der Waals surface area contributed by atoms with Gasteiger partial charge in [0.05, 0.1) is 0 Å². The summed E-state index contributed by atoms with van der Waals surface area (Å²) in [5.41, 5.74) is 13.5. The molecule has 208 valence electrons. The lowest BCUT2D eigenvalue weighted by molar-refractivity contribution is 0.426. The average Bonchev–Trinajstić information content (AvgIpc) is 3.28. The van der Waals surface area contributed by atoms with Crippen LogP contribution in [0.15, 0.2) is 146 Å². The Kier molecular flexibility index (Phi) is 6.74. The molecule has 6 aromatic carbocycles. The van der Waals surface area contributed by atoms with E-state index in [4.69, 9.17) is 0 Å². The maximum Gasteiger partial charge on any atom is 0.488 e. The van der Waals surface area contributed by atoms with Crippen molar-refractivity contribution in [2.24, 2.45) is 0 Å². The topological polar surface area (TPSA) is 43.7 Å². The lowest BCUT2D eigenvalue weighted by Crippen LogP contribution is -2.29. The van der Waals surface area contributed by atoms with Gasteiger partial charge in [0.1, 0.15) is 0 Å². The number of benzene rings is 6. The van der Waals surface area contributed by atoms with E-state index in [1.807, 2.05) is 18.2 Å². The van der Waals surface area contributed by atoms with E-state index in [9.17, 15) is 10.0 Å². The van der Waals surface area contributed by atoms with Crippen molar-refractivity contribution in [2.45, 2.75) is 19.3 Å². The second kappa shape index (κ2) is 10.7. The van der Waals surface area contributed by atoms with Gasteiger partial charge in [0.2, 0.25) is 0 Å². The predicted octanol–water partition coefficient (Wildman–Crippen LogP) is 8.48. The van der Waals surface area contributed by atoms with E-state index in [2.05, 4.69) is 134 Å². The summed E-state index contributed by atoms with van der Waals surface area (Å²) in [4.78, 5) is 2.19. The van der Waals surface area contributed by atoms with E-state index in [-0.39, 0.29) is 5.41 Å². The molecule has 1 aliphatic carbocycles.